The third-order valence-electron chi connectivity index (χ3n) is 3.47. The smallest absolute Gasteiger partial charge is 0.222 e. The SMILES string of the molecule is CCC(=O)N(C)CCc1ccn2ccc(OC)c(F)c12. The lowest BCUT2D eigenvalue weighted by Gasteiger charge is -2.16. The number of pyridine rings is 1. The Morgan fingerprint density at radius 1 is 1.40 bits per heavy atom. The fraction of sp³-hybridized carbons (Fsp3) is 0.400. The lowest BCUT2D eigenvalue weighted by atomic mass is 10.1. The number of likely N-dealkylation sites (N-methyl/N-ethyl adjacent to an activating group) is 1. The van der Waals surface area contributed by atoms with E-state index in [2.05, 4.69) is 0 Å². The number of rotatable bonds is 5. The van der Waals surface area contributed by atoms with Crippen LogP contribution in [0.15, 0.2) is 24.5 Å². The van der Waals surface area contributed by atoms with Crippen molar-refractivity contribution in [2.45, 2.75) is 19.8 Å². The molecule has 0 aliphatic carbocycles. The van der Waals surface area contributed by atoms with Crippen LogP contribution in [0.4, 0.5) is 4.39 Å². The highest BCUT2D eigenvalue weighted by Crippen LogP contribution is 2.25. The van der Waals surface area contributed by atoms with Crippen molar-refractivity contribution in [3.8, 4) is 5.75 Å². The minimum atomic E-state index is -0.362. The number of amides is 1. The summed E-state index contributed by atoms with van der Waals surface area (Å²) in [5.41, 5.74) is 1.39. The number of fused-ring (bicyclic) bond motifs is 1. The number of ether oxygens (including phenoxy) is 1. The normalized spacial score (nSPS) is 10.8. The van der Waals surface area contributed by atoms with Crippen molar-refractivity contribution in [3.63, 3.8) is 0 Å². The van der Waals surface area contributed by atoms with Crippen molar-refractivity contribution in [3.05, 3.63) is 35.9 Å². The maximum absolute atomic E-state index is 14.3. The minimum Gasteiger partial charge on any atom is -0.494 e. The molecule has 0 atom stereocenters. The van der Waals surface area contributed by atoms with Gasteiger partial charge in [0, 0.05) is 32.4 Å². The number of methoxy groups -OCH3 is 1. The molecule has 2 aromatic heterocycles. The quantitative estimate of drug-likeness (QED) is 0.842. The van der Waals surface area contributed by atoms with Crippen molar-refractivity contribution in [2.24, 2.45) is 0 Å². The first-order valence-electron chi connectivity index (χ1n) is 6.64. The van der Waals surface area contributed by atoms with Crippen molar-refractivity contribution in [1.82, 2.24) is 9.30 Å². The van der Waals surface area contributed by atoms with Crippen LogP contribution in [0.25, 0.3) is 5.52 Å². The van der Waals surface area contributed by atoms with Crippen LogP contribution in [0.1, 0.15) is 18.9 Å². The van der Waals surface area contributed by atoms with Gasteiger partial charge < -0.3 is 14.0 Å². The average Bonchev–Trinajstić information content (AvgIpc) is 2.88. The van der Waals surface area contributed by atoms with Gasteiger partial charge in [0.2, 0.25) is 5.91 Å². The minimum absolute atomic E-state index is 0.0894. The molecule has 0 aromatic carbocycles. The lowest BCUT2D eigenvalue weighted by molar-refractivity contribution is -0.129. The Balaban J connectivity index is 2.24. The number of aromatic nitrogens is 1. The molecule has 0 N–H and O–H groups in total. The molecule has 0 aliphatic rings. The van der Waals surface area contributed by atoms with E-state index in [1.54, 1.807) is 28.6 Å². The van der Waals surface area contributed by atoms with Gasteiger partial charge in [-0.05, 0) is 24.1 Å². The van der Waals surface area contributed by atoms with Gasteiger partial charge in [0.15, 0.2) is 11.6 Å². The molecule has 2 rings (SSSR count). The van der Waals surface area contributed by atoms with E-state index in [9.17, 15) is 9.18 Å². The number of halogens is 1. The van der Waals surface area contributed by atoms with Crippen molar-refractivity contribution < 1.29 is 13.9 Å². The molecule has 20 heavy (non-hydrogen) atoms. The van der Waals surface area contributed by atoms with E-state index in [-0.39, 0.29) is 17.5 Å². The van der Waals surface area contributed by atoms with Crippen LogP contribution < -0.4 is 4.74 Å². The number of carbonyl (C=O) groups is 1. The number of hydrogen-bond acceptors (Lipinski definition) is 2. The molecule has 0 unspecified atom stereocenters. The molecule has 4 nitrogen and oxygen atoms in total. The Bertz CT molecular complexity index is 622. The summed E-state index contributed by atoms with van der Waals surface area (Å²) >= 11 is 0. The fourth-order valence-electron chi connectivity index (χ4n) is 2.25. The molecule has 5 heteroatoms. The second kappa shape index (κ2) is 5.94. The van der Waals surface area contributed by atoms with Crippen LogP contribution >= 0.6 is 0 Å². The number of carbonyl (C=O) groups excluding carboxylic acids is 1. The van der Waals surface area contributed by atoms with Gasteiger partial charge in [0.1, 0.15) is 0 Å². The van der Waals surface area contributed by atoms with Crippen molar-refractivity contribution in [2.75, 3.05) is 20.7 Å². The zero-order valence-corrected chi connectivity index (χ0v) is 12.0. The van der Waals surface area contributed by atoms with Crippen LogP contribution in [-0.2, 0) is 11.2 Å². The number of hydrogen-bond donors (Lipinski definition) is 0. The first kappa shape index (κ1) is 14.4. The van der Waals surface area contributed by atoms with E-state index >= 15 is 0 Å². The highest BCUT2D eigenvalue weighted by Gasteiger charge is 2.14. The molecule has 0 bridgehead atoms. The molecule has 0 spiro atoms. The molecular formula is C15H19FN2O2. The van der Waals surface area contributed by atoms with E-state index in [1.165, 1.54) is 7.11 Å². The second-order valence-corrected chi connectivity index (χ2v) is 4.71. The Morgan fingerprint density at radius 2 is 2.10 bits per heavy atom. The summed E-state index contributed by atoms with van der Waals surface area (Å²) < 4.78 is 21.0. The van der Waals surface area contributed by atoms with Crippen molar-refractivity contribution in [1.29, 1.82) is 0 Å². The molecule has 2 heterocycles. The third kappa shape index (κ3) is 2.61. The molecule has 1 amide bonds. The monoisotopic (exact) mass is 278 g/mol. The maximum atomic E-state index is 14.3. The summed E-state index contributed by atoms with van der Waals surface area (Å²) in [5, 5.41) is 0. The molecule has 0 saturated carbocycles. The Hall–Kier alpha value is -2.04. The fourth-order valence-corrected chi connectivity index (χ4v) is 2.25. The first-order chi connectivity index (χ1) is 9.58. The van der Waals surface area contributed by atoms with Gasteiger partial charge in [-0.15, -0.1) is 0 Å². The van der Waals surface area contributed by atoms with Crippen LogP contribution in [0.3, 0.4) is 0 Å². The van der Waals surface area contributed by atoms with E-state index in [1.807, 2.05) is 19.2 Å². The highest BCUT2D eigenvalue weighted by molar-refractivity contribution is 5.75. The molecule has 0 fully saturated rings. The van der Waals surface area contributed by atoms with Crippen LogP contribution in [-0.4, -0.2) is 35.9 Å². The van der Waals surface area contributed by atoms with E-state index < -0.39 is 0 Å². The highest BCUT2D eigenvalue weighted by atomic mass is 19.1. The third-order valence-corrected chi connectivity index (χ3v) is 3.47. The summed E-state index contributed by atoms with van der Waals surface area (Å²) in [6.45, 7) is 2.40. The van der Waals surface area contributed by atoms with Gasteiger partial charge in [-0.2, -0.15) is 0 Å². The summed E-state index contributed by atoms with van der Waals surface area (Å²) in [6.07, 6.45) is 4.68. The summed E-state index contributed by atoms with van der Waals surface area (Å²) in [4.78, 5) is 13.2. The van der Waals surface area contributed by atoms with Gasteiger partial charge in [0.05, 0.1) is 12.6 Å². The predicted octanol–water partition coefficient (Wildman–Crippen LogP) is 2.50. The van der Waals surface area contributed by atoms with Crippen LogP contribution in [0.5, 0.6) is 5.75 Å². The molecule has 108 valence electrons. The predicted molar refractivity (Wildman–Crippen MR) is 75.5 cm³/mol. The topological polar surface area (TPSA) is 34.0 Å². The second-order valence-electron chi connectivity index (χ2n) is 4.71. The average molecular weight is 278 g/mol. The van der Waals surface area contributed by atoms with Gasteiger partial charge in [-0.1, -0.05) is 6.92 Å². The standard InChI is InChI=1S/C15H19FN2O2/c1-4-13(19)17(2)8-5-11-6-9-18-10-7-12(20-3)14(16)15(11)18/h6-7,9-10H,4-5,8H2,1-3H3. The molecule has 0 radical (unpaired) electrons. The molecular weight excluding hydrogens is 259 g/mol. The maximum Gasteiger partial charge on any atom is 0.222 e. The zero-order chi connectivity index (χ0) is 14.7. The van der Waals surface area contributed by atoms with Crippen LogP contribution in [0.2, 0.25) is 0 Å². The Morgan fingerprint density at radius 3 is 2.75 bits per heavy atom. The van der Waals surface area contributed by atoms with E-state index in [0.717, 1.165) is 5.56 Å². The summed E-state index contributed by atoms with van der Waals surface area (Å²) in [6, 6.07) is 3.47. The first-order valence-corrected chi connectivity index (χ1v) is 6.64. The van der Waals surface area contributed by atoms with E-state index in [0.29, 0.717) is 24.9 Å². The van der Waals surface area contributed by atoms with Gasteiger partial charge in [-0.25, -0.2) is 4.39 Å². The molecule has 2 aromatic rings. The van der Waals surface area contributed by atoms with Gasteiger partial charge in [0.25, 0.3) is 0 Å². The number of nitrogens with zero attached hydrogens (tertiary/aromatic N) is 2. The Labute approximate surface area is 117 Å². The van der Waals surface area contributed by atoms with Crippen LogP contribution in [0, 0.1) is 5.82 Å². The van der Waals surface area contributed by atoms with Gasteiger partial charge >= 0.3 is 0 Å². The summed E-state index contributed by atoms with van der Waals surface area (Å²) in [7, 11) is 3.21. The molecule has 0 aliphatic heterocycles. The lowest BCUT2D eigenvalue weighted by Crippen LogP contribution is -2.27. The van der Waals surface area contributed by atoms with Gasteiger partial charge in [-0.3, -0.25) is 4.79 Å². The largest absolute Gasteiger partial charge is 0.494 e. The van der Waals surface area contributed by atoms with Crippen molar-refractivity contribution >= 4 is 11.4 Å². The summed E-state index contributed by atoms with van der Waals surface area (Å²) in [5.74, 6) is -0.0403. The zero-order valence-electron chi connectivity index (χ0n) is 12.0. The Kier molecular flexibility index (Phi) is 4.27. The van der Waals surface area contributed by atoms with E-state index in [4.69, 9.17) is 4.74 Å². The molecule has 0 saturated heterocycles.